The first kappa shape index (κ1) is 17.2. The number of hydrogen-bond acceptors (Lipinski definition) is 7. The van der Waals surface area contributed by atoms with Gasteiger partial charge in [-0.05, 0) is 40.5 Å². The molecule has 0 aliphatic heterocycles. The van der Waals surface area contributed by atoms with Gasteiger partial charge in [-0.2, -0.15) is 4.37 Å². The van der Waals surface area contributed by atoms with Crippen molar-refractivity contribution in [2.45, 2.75) is 13.2 Å². The van der Waals surface area contributed by atoms with E-state index in [1.165, 1.54) is 17.9 Å². The van der Waals surface area contributed by atoms with E-state index in [0.29, 0.717) is 22.6 Å². The summed E-state index contributed by atoms with van der Waals surface area (Å²) >= 11 is 4.60. The SMILES string of the molecule is CCOC(O)c1c[nH]c2ncnc(-c3cccc(-c4nc(Br)ns4)c3)c12. The number of aliphatic hydroxyl groups excluding tert-OH is 1. The number of aromatic nitrogens is 5. The van der Waals surface area contributed by atoms with E-state index in [4.69, 9.17) is 4.74 Å². The maximum atomic E-state index is 10.3. The van der Waals surface area contributed by atoms with Crippen molar-refractivity contribution in [3.8, 4) is 21.8 Å². The molecule has 0 amide bonds. The van der Waals surface area contributed by atoms with Crippen LogP contribution in [0.3, 0.4) is 0 Å². The van der Waals surface area contributed by atoms with E-state index in [2.05, 4.69) is 40.2 Å². The first-order valence-corrected chi connectivity index (χ1v) is 9.45. The molecule has 0 saturated heterocycles. The van der Waals surface area contributed by atoms with Crippen molar-refractivity contribution in [1.29, 1.82) is 0 Å². The molecule has 132 valence electrons. The van der Waals surface area contributed by atoms with Crippen LogP contribution in [-0.2, 0) is 4.74 Å². The van der Waals surface area contributed by atoms with Crippen LogP contribution in [0.5, 0.6) is 0 Å². The van der Waals surface area contributed by atoms with Gasteiger partial charge in [0, 0.05) is 29.5 Å². The number of aromatic amines is 1. The van der Waals surface area contributed by atoms with Crippen LogP contribution in [0.25, 0.3) is 32.9 Å². The molecule has 0 aliphatic carbocycles. The van der Waals surface area contributed by atoms with E-state index in [9.17, 15) is 5.11 Å². The highest BCUT2D eigenvalue weighted by molar-refractivity contribution is 9.10. The second-order valence-electron chi connectivity index (χ2n) is 5.45. The Balaban J connectivity index is 1.85. The van der Waals surface area contributed by atoms with Crippen molar-refractivity contribution in [2.75, 3.05) is 6.61 Å². The zero-order valence-corrected chi connectivity index (χ0v) is 16.1. The largest absolute Gasteiger partial charge is 0.364 e. The minimum atomic E-state index is -1.04. The molecular formula is C17H14BrN5O2S. The average molecular weight is 432 g/mol. The van der Waals surface area contributed by atoms with Gasteiger partial charge >= 0.3 is 0 Å². The standard InChI is InChI=1S/C17H14BrN5O2S/c1-2-25-16(24)11-7-19-14-12(11)13(20-8-21-14)9-4-3-5-10(6-9)15-22-17(18)23-26-15/h3-8,16,24H,2H2,1H3,(H,19,20,21). The minimum Gasteiger partial charge on any atom is -0.364 e. The molecule has 0 bridgehead atoms. The Hall–Kier alpha value is -2.20. The fraction of sp³-hybridized carbons (Fsp3) is 0.176. The molecule has 0 fully saturated rings. The molecule has 1 unspecified atom stereocenters. The third kappa shape index (κ3) is 3.14. The van der Waals surface area contributed by atoms with E-state index >= 15 is 0 Å². The Morgan fingerprint density at radius 1 is 1.31 bits per heavy atom. The van der Waals surface area contributed by atoms with Gasteiger partial charge in [0.15, 0.2) is 6.29 Å². The summed E-state index contributed by atoms with van der Waals surface area (Å²) in [5, 5.41) is 11.8. The quantitative estimate of drug-likeness (QED) is 0.464. The van der Waals surface area contributed by atoms with Crippen molar-refractivity contribution in [1.82, 2.24) is 24.3 Å². The summed E-state index contributed by atoms with van der Waals surface area (Å²) in [6, 6.07) is 7.88. The van der Waals surface area contributed by atoms with Gasteiger partial charge in [-0.1, -0.05) is 18.2 Å². The van der Waals surface area contributed by atoms with Gasteiger partial charge in [0.1, 0.15) is 17.0 Å². The first-order valence-electron chi connectivity index (χ1n) is 7.89. The van der Waals surface area contributed by atoms with E-state index in [1.54, 1.807) is 6.20 Å². The van der Waals surface area contributed by atoms with Gasteiger partial charge in [-0.25, -0.2) is 15.0 Å². The highest BCUT2D eigenvalue weighted by Gasteiger charge is 2.19. The van der Waals surface area contributed by atoms with Gasteiger partial charge in [0.25, 0.3) is 0 Å². The molecule has 1 atom stereocenters. The highest BCUT2D eigenvalue weighted by Crippen LogP contribution is 2.34. The second-order valence-corrected chi connectivity index (χ2v) is 6.91. The van der Waals surface area contributed by atoms with Crippen LogP contribution < -0.4 is 0 Å². The predicted octanol–water partition coefficient (Wildman–Crippen LogP) is 3.93. The Morgan fingerprint density at radius 3 is 2.92 bits per heavy atom. The number of ether oxygens (including phenoxy) is 1. The first-order chi connectivity index (χ1) is 12.7. The van der Waals surface area contributed by atoms with Crippen molar-refractivity contribution in [3.63, 3.8) is 0 Å². The number of nitrogens with one attached hydrogen (secondary N) is 1. The van der Waals surface area contributed by atoms with E-state index in [0.717, 1.165) is 27.2 Å². The normalized spacial score (nSPS) is 12.6. The van der Waals surface area contributed by atoms with Crippen LogP contribution >= 0.6 is 27.5 Å². The van der Waals surface area contributed by atoms with Crippen LogP contribution in [0.4, 0.5) is 0 Å². The molecule has 3 aromatic heterocycles. The van der Waals surface area contributed by atoms with E-state index < -0.39 is 6.29 Å². The van der Waals surface area contributed by atoms with Crippen LogP contribution in [0.1, 0.15) is 18.8 Å². The Bertz CT molecular complexity index is 1060. The summed E-state index contributed by atoms with van der Waals surface area (Å²) in [4.78, 5) is 16.1. The number of nitrogens with zero attached hydrogens (tertiary/aromatic N) is 4. The van der Waals surface area contributed by atoms with E-state index in [1.807, 2.05) is 31.2 Å². The monoisotopic (exact) mass is 431 g/mol. The molecule has 0 aliphatic rings. The number of hydrogen-bond donors (Lipinski definition) is 2. The lowest BCUT2D eigenvalue weighted by molar-refractivity contribution is -0.0969. The van der Waals surface area contributed by atoms with Gasteiger partial charge in [0.05, 0.1) is 11.1 Å². The molecule has 4 rings (SSSR count). The smallest absolute Gasteiger partial charge is 0.209 e. The maximum Gasteiger partial charge on any atom is 0.209 e. The van der Waals surface area contributed by atoms with Crippen molar-refractivity contribution >= 4 is 38.5 Å². The lowest BCUT2D eigenvalue weighted by Crippen LogP contribution is -2.02. The summed E-state index contributed by atoms with van der Waals surface area (Å²) in [5.41, 5.74) is 3.82. The van der Waals surface area contributed by atoms with Crippen LogP contribution in [0, 0.1) is 0 Å². The van der Waals surface area contributed by atoms with Gasteiger partial charge in [-0.3, -0.25) is 0 Å². The van der Waals surface area contributed by atoms with E-state index in [-0.39, 0.29) is 0 Å². The fourth-order valence-electron chi connectivity index (χ4n) is 2.77. The second kappa shape index (κ2) is 7.20. The number of fused-ring (bicyclic) bond motifs is 1. The molecule has 3 heterocycles. The zero-order chi connectivity index (χ0) is 18.1. The number of rotatable bonds is 5. The average Bonchev–Trinajstić information content (AvgIpc) is 3.28. The molecule has 9 heteroatoms. The number of benzene rings is 1. The third-order valence-corrected chi connectivity index (χ3v) is 5.23. The Kier molecular flexibility index (Phi) is 4.77. The molecular weight excluding hydrogens is 418 g/mol. The highest BCUT2D eigenvalue weighted by atomic mass is 79.9. The summed E-state index contributed by atoms with van der Waals surface area (Å²) in [5.74, 6) is 0. The predicted molar refractivity (Wildman–Crippen MR) is 103 cm³/mol. The summed E-state index contributed by atoms with van der Waals surface area (Å²) < 4.78 is 10.1. The molecule has 2 N–H and O–H groups in total. The molecule has 0 radical (unpaired) electrons. The zero-order valence-electron chi connectivity index (χ0n) is 13.7. The number of halogens is 1. The van der Waals surface area contributed by atoms with Crippen LogP contribution in [0.15, 0.2) is 41.5 Å². The minimum absolute atomic E-state index is 0.401. The van der Waals surface area contributed by atoms with Crippen molar-refractivity contribution < 1.29 is 9.84 Å². The van der Waals surface area contributed by atoms with Crippen LogP contribution in [0.2, 0.25) is 0 Å². The van der Waals surface area contributed by atoms with Crippen LogP contribution in [-0.4, -0.2) is 36.0 Å². The fourth-order valence-corrected chi connectivity index (χ4v) is 3.84. The lowest BCUT2D eigenvalue weighted by Gasteiger charge is -2.11. The maximum absolute atomic E-state index is 10.3. The Labute approximate surface area is 161 Å². The van der Waals surface area contributed by atoms with Gasteiger partial charge in [-0.15, -0.1) is 0 Å². The summed E-state index contributed by atoms with van der Waals surface area (Å²) in [7, 11) is 0. The summed E-state index contributed by atoms with van der Waals surface area (Å²) in [6.07, 6.45) is 2.16. The lowest BCUT2D eigenvalue weighted by atomic mass is 10.0. The molecule has 7 nitrogen and oxygen atoms in total. The molecule has 4 aromatic rings. The molecule has 1 aromatic carbocycles. The molecule has 0 spiro atoms. The number of H-pyrrole nitrogens is 1. The topological polar surface area (TPSA) is 96.8 Å². The van der Waals surface area contributed by atoms with Gasteiger partial charge in [0.2, 0.25) is 4.73 Å². The van der Waals surface area contributed by atoms with Crippen molar-refractivity contribution in [3.05, 3.63) is 47.1 Å². The summed E-state index contributed by atoms with van der Waals surface area (Å²) in [6.45, 7) is 2.23. The third-order valence-electron chi connectivity index (χ3n) is 3.88. The van der Waals surface area contributed by atoms with Crippen molar-refractivity contribution in [2.24, 2.45) is 0 Å². The molecule has 0 saturated carbocycles. The van der Waals surface area contributed by atoms with Gasteiger partial charge < -0.3 is 14.8 Å². The molecule has 26 heavy (non-hydrogen) atoms. The Morgan fingerprint density at radius 2 is 2.15 bits per heavy atom. The number of aliphatic hydroxyl groups is 1.